The van der Waals surface area contributed by atoms with Gasteiger partial charge in [-0.3, -0.25) is 4.79 Å². The Morgan fingerprint density at radius 2 is 0.600 bits per heavy atom. The van der Waals surface area contributed by atoms with Gasteiger partial charge in [-0.25, -0.2) is 0 Å². The van der Waals surface area contributed by atoms with Crippen molar-refractivity contribution in [2.24, 2.45) is 0 Å². The van der Waals surface area contributed by atoms with Gasteiger partial charge in [0.1, 0.15) is 12.2 Å². The van der Waals surface area contributed by atoms with Gasteiger partial charge in [0.15, 0.2) is 0 Å². The number of hydrogen-bond donors (Lipinski definition) is 5. The molecule has 0 fully saturated rings. The number of amides is 1. The van der Waals surface area contributed by atoms with E-state index in [1.807, 2.05) is 0 Å². The summed E-state index contributed by atoms with van der Waals surface area (Å²) in [6.07, 6.45) is 73.9. The zero-order valence-electron chi connectivity index (χ0n) is 47.0. The lowest BCUT2D eigenvalue weighted by molar-refractivity contribution is -0.132. The molecule has 0 saturated heterocycles. The van der Waals surface area contributed by atoms with Crippen LogP contribution in [0.3, 0.4) is 0 Å². The molecule has 0 heterocycles. The van der Waals surface area contributed by atoms with Gasteiger partial charge in [-0.15, -0.1) is 0 Å². The molecule has 4 unspecified atom stereocenters. The molecule has 6 nitrogen and oxygen atoms in total. The summed E-state index contributed by atoms with van der Waals surface area (Å²) in [7, 11) is 0. The summed E-state index contributed by atoms with van der Waals surface area (Å²) in [6.45, 7) is 4.08. The van der Waals surface area contributed by atoms with Gasteiger partial charge in [0.05, 0.1) is 18.8 Å². The molecule has 0 radical (unpaired) electrons. The predicted octanol–water partition coefficient (Wildman–Crippen LogP) is 18.8. The smallest absolute Gasteiger partial charge is 0.249 e. The molecule has 0 rings (SSSR count). The molecule has 5 N–H and O–H groups in total. The van der Waals surface area contributed by atoms with Crippen LogP contribution < -0.4 is 5.32 Å². The van der Waals surface area contributed by atoms with Gasteiger partial charge < -0.3 is 25.7 Å². The number of unbranched alkanes of at least 4 members (excludes halogenated alkanes) is 43. The highest BCUT2D eigenvalue weighted by Gasteiger charge is 2.28. The zero-order chi connectivity index (χ0) is 50.9. The van der Waals surface area contributed by atoms with E-state index < -0.39 is 36.9 Å². The van der Waals surface area contributed by atoms with Crippen LogP contribution in [0.25, 0.3) is 0 Å². The van der Waals surface area contributed by atoms with Crippen LogP contribution in [0.4, 0.5) is 0 Å². The van der Waals surface area contributed by atoms with Crippen molar-refractivity contribution in [3.63, 3.8) is 0 Å². The third-order valence-corrected chi connectivity index (χ3v) is 14.8. The minimum atomic E-state index is -1.29. The number of carbonyl (C=O) groups is 1. The molecule has 0 bridgehead atoms. The van der Waals surface area contributed by atoms with Crippen molar-refractivity contribution in [2.45, 2.75) is 359 Å². The van der Waals surface area contributed by atoms with Crippen molar-refractivity contribution in [1.82, 2.24) is 5.32 Å². The average molecular weight is 987 g/mol. The number of nitrogens with one attached hydrogen (secondary N) is 1. The lowest BCUT2D eigenvalue weighted by Crippen LogP contribution is -2.53. The quantitative estimate of drug-likeness (QED) is 0.0308. The van der Waals surface area contributed by atoms with E-state index in [1.165, 1.54) is 263 Å². The molecule has 0 saturated carbocycles. The monoisotopic (exact) mass is 986 g/mol. The molecule has 6 heteroatoms. The Hall–Kier alpha value is -1.47. The fourth-order valence-corrected chi connectivity index (χ4v) is 9.89. The first-order chi connectivity index (χ1) is 34.5. The van der Waals surface area contributed by atoms with Crippen LogP contribution in [0.5, 0.6) is 0 Å². The molecule has 0 aromatic carbocycles. The molecule has 0 aromatic rings. The Balaban J connectivity index is 3.59. The third kappa shape index (κ3) is 51.4. The summed E-state index contributed by atoms with van der Waals surface area (Å²) in [5.41, 5.74) is 0. The lowest BCUT2D eigenvalue weighted by atomic mass is 10.00. The van der Waals surface area contributed by atoms with E-state index in [0.717, 1.165) is 38.5 Å². The van der Waals surface area contributed by atoms with Crippen LogP contribution in [0.2, 0.25) is 0 Å². The second-order valence-corrected chi connectivity index (χ2v) is 21.7. The Morgan fingerprint density at radius 3 is 0.900 bits per heavy atom. The van der Waals surface area contributed by atoms with Crippen LogP contribution in [-0.2, 0) is 4.79 Å². The first-order valence-corrected chi connectivity index (χ1v) is 31.4. The van der Waals surface area contributed by atoms with Gasteiger partial charge in [0.2, 0.25) is 5.91 Å². The second-order valence-electron chi connectivity index (χ2n) is 21.7. The van der Waals surface area contributed by atoms with E-state index in [4.69, 9.17) is 0 Å². The molecule has 1 amide bonds. The SMILES string of the molecule is CCCCCCCCCCCCC/C=C/CC/C=C/CCCC(O)C(O)C(CO)NC(=O)C(O)CCCCCCCCCCCCCCCCCC/C=C\CCCCCCCCCCCCCCCC. The maximum atomic E-state index is 12.6. The molecule has 0 spiro atoms. The van der Waals surface area contributed by atoms with E-state index in [1.54, 1.807) is 0 Å². The topological polar surface area (TPSA) is 110 Å². The van der Waals surface area contributed by atoms with Crippen LogP contribution in [0, 0.1) is 0 Å². The molecular weight excluding hydrogens is 863 g/mol. The lowest BCUT2D eigenvalue weighted by Gasteiger charge is -2.27. The molecule has 70 heavy (non-hydrogen) atoms. The fourth-order valence-electron chi connectivity index (χ4n) is 9.89. The van der Waals surface area contributed by atoms with E-state index in [0.29, 0.717) is 19.3 Å². The molecule has 0 aliphatic heterocycles. The molecule has 414 valence electrons. The Kier molecular flexibility index (Phi) is 57.2. The number of aliphatic hydroxyl groups is 4. The minimum absolute atomic E-state index is 0.362. The summed E-state index contributed by atoms with van der Waals surface area (Å²) in [6, 6.07) is -1.01. The van der Waals surface area contributed by atoms with Crippen molar-refractivity contribution in [3.05, 3.63) is 36.5 Å². The van der Waals surface area contributed by atoms with Crippen molar-refractivity contribution >= 4 is 5.91 Å². The highest BCUT2D eigenvalue weighted by atomic mass is 16.3. The summed E-state index contributed by atoms with van der Waals surface area (Å²) in [4.78, 5) is 12.6. The van der Waals surface area contributed by atoms with Gasteiger partial charge in [0, 0.05) is 0 Å². The molecule has 4 atom stereocenters. The summed E-state index contributed by atoms with van der Waals surface area (Å²) < 4.78 is 0. The number of allylic oxidation sites excluding steroid dienone is 6. The molecule has 0 aromatic heterocycles. The van der Waals surface area contributed by atoms with Crippen LogP contribution in [0.1, 0.15) is 335 Å². The van der Waals surface area contributed by atoms with Gasteiger partial charge in [0.25, 0.3) is 0 Å². The van der Waals surface area contributed by atoms with Crippen molar-refractivity contribution < 1.29 is 25.2 Å². The number of carbonyl (C=O) groups excluding carboxylic acids is 1. The van der Waals surface area contributed by atoms with Crippen molar-refractivity contribution in [1.29, 1.82) is 0 Å². The summed E-state index contributed by atoms with van der Waals surface area (Å²) in [5.74, 6) is -0.593. The van der Waals surface area contributed by atoms with Gasteiger partial charge in [-0.2, -0.15) is 0 Å². The number of aliphatic hydroxyl groups excluding tert-OH is 4. The Morgan fingerprint density at radius 1 is 0.343 bits per heavy atom. The highest BCUT2D eigenvalue weighted by molar-refractivity contribution is 5.80. The molecular formula is C64H123NO5. The predicted molar refractivity (Wildman–Crippen MR) is 307 cm³/mol. The fraction of sp³-hybridized carbons (Fsp3) is 0.891. The highest BCUT2D eigenvalue weighted by Crippen LogP contribution is 2.18. The van der Waals surface area contributed by atoms with E-state index in [-0.39, 0.29) is 0 Å². The zero-order valence-corrected chi connectivity index (χ0v) is 47.0. The Bertz CT molecular complexity index is 1110. The molecule has 0 aliphatic rings. The first-order valence-electron chi connectivity index (χ1n) is 31.4. The van der Waals surface area contributed by atoms with E-state index >= 15 is 0 Å². The second kappa shape index (κ2) is 58.4. The van der Waals surface area contributed by atoms with Crippen molar-refractivity contribution in [3.8, 4) is 0 Å². The van der Waals surface area contributed by atoms with Crippen LogP contribution >= 0.6 is 0 Å². The summed E-state index contributed by atoms with van der Waals surface area (Å²) in [5, 5.41) is 44.0. The van der Waals surface area contributed by atoms with E-state index in [9.17, 15) is 25.2 Å². The third-order valence-electron chi connectivity index (χ3n) is 14.8. The largest absolute Gasteiger partial charge is 0.394 e. The van der Waals surface area contributed by atoms with Gasteiger partial charge in [-0.05, 0) is 77.0 Å². The Labute approximate surface area is 437 Å². The first kappa shape index (κ1) is 68.5. The maximum absolute atomic E-state index is 12.6. The van der Waals surface area contributed by atoms with Crippen LogP contribution in [-0.4, -0.2) is 57.3 Å². The maximum Gasteiger partial charge on any atom is 0.249 e. The number of hydrogen-bond acceptors (Lipinski definition) is 5. The minimum Gasteiger partial charge on any atom is -0.394 e. The van der Waals surface area contributed by atoms with Gasteiger partial charge >= 0.3 is 0 Å². The van der Waals surface area contributed by atoms with E-state index in [2.05, 4.69) is 55.6 Å². The molecule has 0 aliphatic carbocycles. The standard InChI is InChI=1S/C64H123NO5/c1-3-5-7-9-11-13-15-17-19-21-23-25-26-27-28-29-30-31-32-33-34-35-36-37-38-40-42-44-46-48-50-52-54-56-58-62(68)64(70)65-60(59-66)63(69)61(67)57-55-53-51-49-47-45-43-41-39-24-22-20-18-16-14-12-10-8-6-4-2/h29-30,41,43,49,51,60-63,66-69H,3-28,31-40,42,44-48,50,52-59H2,1-2H3,(H,65,70)/b30-29-,43-41+,51-49+. The van der Waals surface area contributed by atoms with Gasteiger partial charge in [-0.1, -0.05) is 294 Å². The normalized spacial score (nSPS) is 13.9. The average Bonchev–Trinajstić information content (AvgIpc) is 3.36. The number of rotatable bonds is 58. The summed E-state index contributed by atoms with van der Waals surface area (Å²) >= 11 is 0. The van der Waals surface area contributed by atoms with Crippen LogP contribution in [0.15, 0.2) is 36.5 Å². The van der Waals surface area contributed by atoms with Crippen molar-refractivity contribution in [2.75, 3.05) is 6.61 Å².